The lowest BCUT2D eigenvalue weighted by molar-refractivity contribution is -0.139. The molecule has 0 spiro atoms. The molecule has 7 heteroatoms. The van der Waals surface area contributed by atoms with Gasteiger partial charge in [0.1, 0.15) is 28.1 Å². The van der Waals surface area contributed by atoms with Crippen molar-refractivity contribution in [1.82, 2.24) is 4.98 Å². The molecule has 0 bridgehead atoms. The van der Waals surface area contributed by atoms with E-state index < -0.39 is 5.41 Å². The smallest absolute Gasteiger partial charge is 0.239 e. The van der Waals surface area contributed by atoms with Gasteiger partial charge in [-0.3, -0.25) is 4.79 Å². The van der Waals surface area contributed by atoms with Gasteiger partial charge in [0.05, 0.1) is 26.0 Å². The Labute approximate surface area is 176 Å². The van der Waals surface area contributed by atoms with E-state index in [1.165, 1.54) is 6.20 Å². The maximum atomic E-state index is 13.4. The van der Waals surface area contributed by atoms with Crippen LogP contribution in [0.15, 0.2) is 36.5 Å². The number of carbonyl (C=O) groups excluding carboxylic acids is 1. The number of aromatic nitrogens is 1. The zero-order valence-corrected chi connectivity index (χ0v) is 18.0. The van der Waals surface area contributed by atoms with Crippen LogP contribution in [-0.2, 0) is 19.7 Å². The topological polar surface area (TPSA) is 69.7 Å². The lowest BCUT2D eigenvalue weighted by atomic mass is 9.73. The second-order valence-electron chi connectivity index (χ2n) is 7.66. The molecule has 1 aliphatic rings. The van der Waals surface area contributed by atoms with Gasteiger partial charge in [0.25, 0.3) is 0 Å². The van der Waals surface area contributed by atoms with Crippen LogP contribution in [0, 0.1) is 0 Å². The average molecular weight is 419 g/mol. The Bertz CT molecular complexity index is 868. The Balaban J connectivity index is 1.90. The van der Waals surface area contributed by atoms with Crippen LogP contribution >= 0.6 is 11.6 Å². The van der Waals surface area contributed by atoms with E-state index in [4.69, 9.17) is 25.8 Å². The molecule has 2 aromatic rings. The van der Waals surface area contributed by atoms with Crippen LogP contribution in [0.3, 0.4) is 0 Å². The summed E-state index contributed by atoms with van der Waals surface area (Å²) in [7, 11) is 1.61. The molecule has 1 aromatic heterocycles. The van der Waals surface area contributed by atoms with Crippen LogP contribution in [0.4, 0.5) is 5.69 Å². The second-order valence-corrected chi connectivity index (χ2v) is 8.05. The molecule has 1 aliphatic heterocycles. The number of hydrogen-bond donors (Lipinski definition) is 1. The summed E-state index contributed by atoms with van der Waals surface area (Å²) in [5, 5.41) is 3.27. The number of benzene rings is 1. The Morgan fingerprint density at radius 1 is 1.31 bits per heavy atom. The highest BCUT2D eigenvalue weighted by Crippen LogP contribution is 2.39. The molecule has 29 heavy (non-hydrogen) atoms. The van der Waals surface area contributed by atoms with E-state index in [-0.39, 0.29) is 17.2 Å². The van der Waals surface area contributed by atoms with Gasteiger partial charge < -0.3 is 19.5 Å². The first-order valence-corrected chi connectivity index (χ1v) is 10.0. The quantitative estimate of drug-likeness (QED) is 0.651. The number of methoxy groups -OCH3 is 1. The highest BCUT2D eigenvalue weighted by molar-refractivity contribution is 6.29. The van der Waals surface area contributed by atoms with E-state index >= 15 is 0 Å². The van der Waals surface area contributed by atoms with Crippen molar-refractivity contribution in [3.63, 3.8) is 0 Å². The van der Waals surface area contributed by atoms with Crippen molar-refractivity contribution in [2.45, 2.75) is 38.2 Å². The predicted octanol–water partition coefficient (Wildman–Crippen LogP) is 4.18. The van der Waals surface area contributed by atoms with Gasteiger partial charge in [0.15, 0.2) is 0 Å². The number of pyridine rings is 1. The summed E-state index contributed by atoms with van der Waals surface area (Å²) in [6, 6.07) is 9.62. The van der Waals surface area contributed by atoms with Gasteiger partial charge in [0.2, 0.25) is 5.91 Å². The van der Waals surface area contributed by atoms with Gasteiger partial charge in [-0.05, 0) is 24.0 Å². The third kappa shape index (κ3) is 4.55. The predicted molar refractivity (Wildman–Crippen MR) is 113 cm³/mol. The van der Waals surface area contributed by atoms with Crippen molar-refractivity contribution in [3.8, 4) is 5.75 Å². The standard InChI is InChI=1S/C22H27ClN2O4/c1-14(2)16-7-5-6-8-17(16)22(12-28-13-22)21(26)25-18-10-24-20(23)9-19(18)29-15(3)11-27-4/h5-10,14-15H,11-13H2,1-4H3,(H,25,26). The first kappa shape index (κ1) is 21.6. The normalized spacial score (nSPS) is 16.2. The zero-order valence-electron chi connectivity index (χ0n) is 17.2. The van der Waals surface area contributed by atoms with E-state index in [9.17, 15) is 4.79 Å². The summed E-state index contributed by atoms with van der Waals surface area (Å²) in [6.07, 6.45) is 1.30. The molecule has 1 aromatic carbocycles. The maximum absolute atomic E-state index is 13.4. The van der Waals surface area contributed by atoms with E-state index in [0.717, 1.165) is 11.1 Å². The van der Waals surface area contributed by atoms with Crippen LogP contribution in [-0.4, -0.2) is 43.9 Å². The number of rotatable bonds is 8. The van der Waals surface area contributed by atoms with Crippen LogP contribution in [0.25, 0.3) is 0 Å². The number of nitrogens with one attached hydrogen (secondary N) is 1. The summed E-state index contributed by atoms with van der Waals surface area (Å²) < 4.78 is 16.5. The highest BCUT2D eigenvalue weighted by Gasteiger charge is 2.49. The van der Waals surface area contributed by atoms with Crippen molar-refractivity contribution >= 4 is 23.2 Å². The summed E-state index contributed by atoms with van der Waals surface area (Å²) >= 11 is 6.04. The van der Waals surface area contributed by atoms with Crippen LogP contribution in [0.5, 0.6) is 5.75 Å². The van der Waals surface area contributed by atoms with Gasteiger partial charge >= 0.3 is 0 Å². The first-order valence-electron chi connectivity index (χ1n) is 9.67. The number of anilines is 1. The number of amides is 1. The third-order valence-electron chi connectivity index (χ3n) is 5.04. The van der Waals surface area contributed by atoms with Crippen molar-refractivity contribution in [2.75, 3.05) is 32.2 Å². The fourth-order valence-corrected chi connectivity index (χ4v) is 3.63. The number of halogens is 1. The number of hydrogen-bond acceptors (Lipinski definition) is 5. The molecule has 2 heterocycles. The molecular formula is C22H27ClN2O4. The lowest BCUT2D eigenvalue weighted by Crippen LogP contribution is -2.56. The fraction of sp³-hybridized carbons (Fsp3) is 0.455. The Hall–Kier alpha value is -2.15. The molecule has 1 atom stereocenters. The zero-order chi connectivity index (χ0) is 21.0. The molecule has 0 radical (unpaired) electrons. The fourth-order valence-electron chi connectivity index (χ4n) is 3.48. The highest BCUT2D eigenvalue weighted by atomic mass is 35.5. The van der Waals surface area contributed by atoms with Crippen molar-refractivity contribution in [2.24, 2.45) is 0 Å². The Kier molecular flexibility index (Phi) is 6.77. The number of ether oxygens (including phenoxy) is 3. The molecule has 1 fully saturated rings. The molecule has 3 rings (SSSR count). The van der Waals surface area contributed by atoms with E-state index in [2.05, 4.69) is 30.2 Å². The molecule has 0 aliphatic carbocycles. The first-order chi connectivity index (χ1) is 13.9. The molecule has 0 saturated carbocycles. The van der Waals surface area contributed by atoms with Crippen LogP contribution in [0.1, 0.15) is 37.8 Å². The van der Waals surface area contributed by atoms with Gasteiger partial charge in [-0.25, -0.2) is 4.98 Å². The Morgan fingerprint density at radius 2 is 2.03 bits per heavy atom. The molecule has 1 saturated heterocycles. The van der Waals surface area contributed by atoms with Gasteiger partial charge in [-0.2, -0.15) is 0 Å². The van der Waals surface area contributed by atoms with Crippen molar-refractivity contribution < 1.29 is 19.0 Å². The lowest BCUT2D eigenvalue weighted by Gasteiger charge is -2.41. The molecular weight excluding hydrogens is 392 g/mol. The van der Waals surface area contributed by atoms with Crippen LogP contribution in [0.2, 0.25) is 5.15 Å². The molecule has 1 N–H and O–H groups in total. The van der Waals surface area contributed by atoms with Crippen molar-refractivity contribution in [1.29, 1.82) is 0 Å². The second kappa shape index (κ2) is 9.11. The Morgan fingerprint density at radius 3 is 2.66 bits per heavy atom. The maximum Gasteiger partial charge on any atom is 0.239 e. The van der Waals surface area contributed by atoms with Crippen LogP contribution < -0.4 is 10.1 Å². The van der Waals surface area contributed by atoms with E-state index in [1.54, 1.807) is 13.2 Å². The molecule has 6 nitrogen and oxygen atoms in total. The monoisotopic (exact) mass is 418 g/mol. The summed E-state index contributed by atoms with van der Waals surface area (Å²) in [4.78, 5) is 17.5. The summed E-state index contributed by atoms with van der Waals surface area (Å²) in [6.45, 7) is 7.20. The minimum Gasteiger partial charge on any atom is -0.486 e. The minimum absolute atomic E-state index is 0.148. The molecule has 1 amide bonds. The number of carbonyl (C=O) groups is 1. The SMILES string of the molecule is COCC(C)Oc1cc(Cl)ncc1NC(=O)C1(c2ccccc2C(C)C)COC1. The van der Waals surface area contributed by atoms with E-state index in [1.807, 2.05) is 25.1 Å². The summed E-state index contributed by atoms with van der Waals surface area (Å²) in [5.41, 5.74) is 1.87. The molecule has 1 unspecified atom stereocenters. The van der Waals surface area contributed by atoms with Gasteiger partial charge in [0, 0.05) is 13.2 Å². The van der Waals surface area contributed by atoms with Gasteiger partial charge in [-0.15, -0.1) is 0 Å². The molecule has 156 valence electrons. The van der Waals surface area contributed by atoms with E-state index in [0.29, 0.717) is 37.2 Å². The average Bonchev–Trinajstić information content (AvgIpc) is 2.63. The van der Waals surface area contributed by atoms with Gasteiger partial charge in [-0.1, -0.05) is 49.7 Å². The van der Waals surface area contributed by atoms with Crippen molar-refractivity contribution in [3.05, 3.63) is 52.8 Å². The number of nitrogens with zero attached hydrogens (tertiary/aromatic N) is 1. The largest absolute Gasteiger partial charge is 0.486 e. The summed E-state index contributed by atoms with van der Waals surface area (Å²) in [5.74, 6) is 0.600. The third-order valence-corrected chi connectivity index (χ3v) is 5.25. The minimum atomic E-state index is -0.740.